The molecule has 1 atom stereocenters. The van der Waals surface area contributed by atoms with Gasteiger partial charge in [0.05, 0.1) is 25.7 Å². The number of carbonyl (C=O) groups excluding carboxylic acids is 1. The predicted octanol–water partition coefficient (Wildman–Crippen LogP) is 4.29. The van der Waals surface area contributed by atoms with Gasteiger partial charge < -0.3 is 9.80 Å². The highest BCUT2D eigenvalue weighted by Gasteiger charge is 2.29. The predicted molar refractivity (Wildman–Crippen MR) is 115 cm³/mol. The van der Waals surface area contributed by atoms with Crippen LogP contribution in [0.4, 0.5) is 11.4 Å². The fourth-order valence-corrected chi connectivity index (χ4v) is 4.89. The van der Waals surface area contributed by atoms with Gasteiger partial charge in [-0.05, 0) is 31.0 Å². The Kier molecular flexibility index (Phi) is 5.19. The molecule has 7 nitrogen and oxygen atoms in total. The number of thiazole rings is 1. The summed E-state index contributed by atoms with van der Waals surface area (Å²) in [5, 5.41) is 12.3. The van der Waals surface area contributed by atoms with Crippen LogP contribution in [0.15, 0.2) is 42.5 Å². The van der Waals surface area contributed by atoms with Crippen molar-refractivity contribution in [3.8, 4) is 0 Å². The molecule has 0 spiro atoms. The number of piperidine rings is 1. The van der Waals surface area contributed by atoms with Gasteiger partial charge >= 0.3 is 0 Å². The van der Waals surface area contributed by atoms with Crippen molar-refractivity contribution < 1.29 is 9.72 Å². The summed E-state index contributed by atoms with van der Waals surface area (Å²) in [7, 11) is 3.66. The third-order valence-electron chi connectivity index (χ3n) is 5.27. The number of non-ortho nitro benzene ring substituents is 1. The zero-order valence-electron chi connectivity index (χ0n) is 16.4. The van der Waals surface area contributed by atoms with Crippen molar-refractivity contribution in [1.29, 1.82) is 0 Å². The van der Waals surface area contributed by atoms with Gasteiger partial charge in [-0.2, -0.15) is 0 Å². The second-order valence-corrected chi connectivity index (χ2v) is 8.53. The number of nitro benzene ring substituents is 1. The monoisotopic (exact) mass is 410 g/mol. The normalized spacial score (nSPS) is 16.8. The molecule has 1 fully saturated rings. The Bertz CT molecular complexity index is 1050. The third-order valence-corrected chi connectivity index (χ3v) is 6.47. The Hall–Kier alpha value is -3.00. The van der Waals surface area contributed by atoms with Crippen LogP contribution < -0.4 is 4.90 Å². The highest BCUT2D eigenvalue weighted by molar-refractivity contribution is 7.18. The molecule has 150 valence electrons. The largest absolute Gasteiger partial charge is 0.377 e. The smallest absolute Gasteiger partial charge is 0.270 e. The minimum Gasteiger partial charge on any atom is -0.377 e. The summed E-state index contributed by atoms with van der Waals surface area (Å²) in [5.74, 6) is 0.0230. The molecule has 2 heterocycles. The van der Waals surface area contributed by atoms with Gasteiger partial charge in [0.2, 0.25) is 0 Å². The van der Waals surface area contributed by atoms with Gasteiger partial charge in [0.25, 0.3) is 11.6 Å². The number of likely N-dealkylation sites (tertiary alicyclic amines) is 1. The van der Waals surface area contributed by atoms with Crippen molar-refractivity contribution in [2.75, 3.05) is 32.1 Å². The van der Waals surface area contributed by atoms with Crippen molar-refractivity contribution >= 4 is 38.8 Å². The maximum atomic E-state index is 13.3. The van der Waals surface area contributed by atoms with E-state index in [1.807, 2.05) is 42.1 Å². The first kappa shape index (κ1) is 19.3. The van der Waals surface area contributed by atoms with E-state index in [1.165, 1.54) is 12.1 Å². The Morgan fingerprint density at radius 1 is 1.28 bits per heavy atom. The lowest BCUT2D eigenvalue weighted by atomic mass is 9.97. The maximum Gasteiger partial charge on any atom is 0.270 e. The molecule has 0 unspecified atom stereocenters. The van der Waals surface area contributed by atoms with Crippen LogP contribution in [0.2, 0.25) is 0 Å². The molecule has 0 aliphatic carbocycles. The van der Waals surface area contributed by atoms with Crippen LogP contribution in [0.3, 0.4) is 0 Å². The van der Waals surface area contributed by atoms with Crippen molar-refractivity contribution in [3.63, 3.8) is 0 Å². The Morgan fingerprint density at radius 3 is 2.79 bits per heavy atom. The summed E-state index contributed by atoms with van der Waals surface area (Å²) in [4.78, 5) is 32.5. The number of amides is 1. The van der Waals surface area contributed by atoms with Crippen LogP contribution in [0, 0.1) is 10.1 Å². The van der Waals surface area contributed by atoms with E-state index in [4.69, 9.17) is 4.98 Å². The Balaban J connectivity index is 1.62. The molecule has 0 radical (unpaired) electrons. The first-order chi connectivity index (χ1) is 13.9. The molecule has 2 aromatic carbocycles. The van der Waals surface area contributed by atoms with Crippen LogP contribution in [-0.4, -0.2) is 47.9 Å². The molecule has 4 rings (SSSR count). The van der Waals surface area contributed by atoms with E-state index in [1.54, 1.807) is 17.4 Å². The first-order valence-corrected chi connectivity index (χ1v) is 10.4. The summed E-state index contributed by atoms with van der Waals surface area (Å²) in [5.41, 5.74) is 1.97. The standard InChI is InChI=1S/C21H22N4O3S/c1-23(2)18-10-9-15(25(27)28)12-16(18)21(26)24-11-5-6-14(13-24)20-22-17-7-3-4-8-19(17)29-20/h3-4,7-10,12,14H,5-6,11,13H2,1-2H3/t14-/m0/s1. The second-order valence-electron chi connectivity index (χ2n) is 7.46. The van der Waals surface area contributed by atoms with Crippen LogP contribution in [0.1, 0.15) is 34.1 Å². The van der Waals surface area contributed by atoms with Gasteiger partial charge in [-0.3, -0.25) is 14.9 Å². The highest BCUT2D eigenvalue weighted by Crippen LogP contribution is 2.34. The summed E-state index contributed by atoms with van der Waals surface area (Å²) >= 11 is 1.68. The maximum absolute atomic E-state index is 13.3. The molecular weight excluding hydrogens is 388 g/mol. The van der Waals surface area contributed by atoms with E-state index in [0.717, 1.165) is 28.1 Å². The second kappa shape index (κ2) is 7.79. The highest BCUT2D eigenvalue weighted by atomic mass is 32.1. The van der Waals surface area contributed by atoms with Crippen LogP contribution >= 0.6 is 11.3 Å². The number of nitrogens with zero attached hydrogens (tertiary/aromatic N) is 4. The number of anilines is 1. The quantitative estimate of drug-likeness (QED) is 0.473. The number of carbonyl (C=O) groups is 1. The van der Waals surface area contributed by atoms with E-state index in [2.05, 4.69) is 6.07 Å². The number of rotatable bonds is 4. The Morgan fingerprint density at radius 2 is 2.07 bits per heavy atom. The molecule has 0 saturated carbocycles. The van der Waals surface area contributed by atoms with Gasteiger partial charge in [0, 0.05) is 50.9 Å². The van der Waals surface area contributed by atoms with Crippen LogP contribution in [0.25, 0.3) is 10.2 Å². The lowest BCUT2D eigenvalue weighted by Gasteiger charge is -2.32. The van der Waals surface area contributed by atoms with E-state index < -0.39 is 4.92 Å². The molecule has 3 aromatic rings. The molecule has 0 bridgehead atoms. The van der Waals surface area contributed by atoms with Gasteiger partial charge in [-0.25, -0.2) is 4.98 Å². The fraction of sp³-hybridized carbons (Fsp3) is 0.333. The van der Waals surface area contributed by atoms with Gasteiger partial charge in [0.1, 0.15) is 0 Å². The lowest BCUT2D eigenvalue weighted by molar-refractivity contribution is -0.384. The zero-order valence-corrected chi connectivity index (χ0v) is 17.2. The van der Waals surface area contributed by atoms with E-state index in [0.29, 0.717) is 24.3 Å². The van der Waals surface area contributed by atoms with Crippen molar-refractivity contribution in [2.24, 2.45) is 0 Å². The minimum atomic E-state index is -0.462. The molecular formula is C21H22N4O3S. The van der Waals surface area contributed by atoms with E-state index in [9.17, 15) is 14.9 Å². The molecule has 1 saturated heterocycles. The van der Waals surface area contributed by atoms with Crippen LogP contribution in [0.5, 0.6) is 0 Å². The summed E-state index contributed by atoms with van der Waals surface area (Å²) in [6, 6.07) is 12.5. The Labute approximate surface area is 172 Å². The average molecular weight is 410 g/mol. The van der Waals surface area contributed by atoms with Crippen LogP contribution in [-0.2, 0) is 0 Å². The van der Waals surface area contributed by atoms with Gasteiger partial charge in [0.15, 0.2) is 0 Å². The van der Waals surface area contributed by atoms with E-state index in [-0.39, 0.29) is 17.5 Å². The molecule has 29 heavy (non-hydrogen) atoms. The summed E-state index contributed by atoms with van der Waals surface area (Å²) in [6.45, 7) is 1.23. The van der Waals surface area contributed by atoms with Gasteiger partial charge in [-0.15, -0.1) is 11.3 Å². The number of hydrogen-bond acceptors (Lipinski definition) is 6. The minimum absolute atomic E-state index is 0.0707. The first-order valence-electron chi connectivity index (χ1n) is 9.54. The van der Waals surface area contributed by atoms with Crippen molar-refractivity contribution in [2.45, 2.75) is 18.8 Å². The topological polar surface area (TPSA) is 79.6 Å². The summed E-state index contributed by atoms with van der Waals surface area (Å²) in [6.07, 6.45) is 1.87. The number of fused-ring (bicyclic) bond motifs is 1. The zero-order chi connectivity index (χ0) is 20.5. The number of benzene rings is 2. The lowest BCUT2D eigenvalue weighted by Crippen LogP contribution is -2.39. The molecule has 1 aliphatic rings. The average Bonchev–Trinajstić information content (AvgIpc) is 3.17. The van der Waals surface area contributed by atoms with Crippen molar-refractivity contribution in [1.82, 2.24) is 9.88 Å². The molecule has 1 aromatic heterocycles. The summed E-state index contributed by atoms with van der Waals surface area (Å²) < 4.78 is 1.15. The van der Waals surface area contributed by atoms with E-state index >= 15 is 0 Å². The SMILES string of the molecule is CN(C)c1ccc([N+](=O)[O-])cc1C(=O)N1CCC[C@H](c2nc3ccccc3s2)C1. The molecule has 1 aliphatic heterocycles. The third kappa shape index (κ3) is 3.80. The fourth-order valence-electron chi connectivity index (χ4n) is 3.80. The number of para-hydroxylation sites is 1. The number of hydrogen-bond donors (Lipinski definition) is 0. The molecule has 0 N–H and O–H groups in total. The molecule has 1 amide bonds. The number of aromatic nitrogens is 1. The van der Waals surface area contributed by atoms with Crippen molar-refractivity contribution in [3.05, 3.63) is 63.1 Å². The number of nitro groups is 1. The molecule has 8 heteroatoms. The van der Waals surface area contributed by atoms with Gasteiger partial charge in [-0.1, -0.05) is 12.1 Å².